The fourth-order valence-corrected chi connectivity index (χ4v) is 17.6. The van der Waals surface area contributed by atoms with Crippen LogP contribution >= 0.6 is 0 Å². The Morgan fingerprint density at radius 3 is 1.48 bits per heavy atom. The summed E-state index contributed by atoms with van der Waals surface area (Å²) in [7, 11) is 0. The Morgan fingerprint density at radius 2 is 1.00 bits per heavy atom. The van der Waals surface area contributed by atoms with Crippen molar-refractivity contribution in [3.8, 4) is 33.4 Å². The molecular formula is C53H46Cl2F6Zr. The van der Waals surface area contributed by atoms with Gasteiger partial charge in [0, 0.05) is 0 Å². The van der Waals surface area contributed by atoms with Gasteiger partial charge < -0.3 is 24.8 Å². The molecule has 0 fully saturated rings. The number of halogens is 8. The van der Waals surface area contributed by atoms with Crippen LogP contribution in [0.2, 0.25) is 3.63 Å². The van der Waals surface area contributed by atoms with E-state index < -0.39 is 50.2 Å². The zero-order valence-electron chi connectivity index (χ0n) is 35.2. The van der Waals surface area contributed by atoms with Crippen LogP contribution in [-0.2, 0) is 50.9 Å². The summed E-state index contributed by atoms with van der Waals surface area (Å²) in [6, 6.07) is 37.9. The van der Waals surface area contributed by atoms with Crippen molar-refractivity contribution in [1.82, 2.24) is 0 Å². The molecule has 0 saturated heterocycles. The minimum Gasteiger partial charge on any atom is -1.00 e. The molecule has 0 amide bonds. The zero-order chi connectivity index (χ0) is 42.8. The van der Waals surface area contributed by atoms with Crippen LogP contribution in [0.1, 0.15) is 86.1 Å². The molecule has 0 radical (unpaired) electrons. The molecule has 318 valence electrons. The summed E-state index contributed by atoms with van der Waals surface area (Å²) in [4.78, 5) is 0. The molecule has 0 atom stereocenters. The Morgan fingerprint density at radius 1 is 0.516 bits per heavy atom. The van der Waals surface area contributed by atoms with Crippen molar-refractivity contribution in [2.24, 2.45) is 0 Å². The molecule has 0 bridgehead atoms. The first-order valence-electron chi connectivity index (χ1n) is 20.2. The Kier molecular flexibility index (Phi) is 13.5. The van der Waals surface area contributed by atoms with Gasteiger partial charge in [-0.1, -0.05) is 0 Å². The predicted octanol–water partition coefficient (Wildman–Crippen LogP) is 8.66. The van der Waals surface area contributed by atoms with E-state index in [9.17, 15) is 26.3 Å². The van der Waals surface area contributed by atoms with E-state index in [1.807, 2.05) is 48.6 Å². The van der Waals surface area contributed by atoms with Gasteiger partial charge >= 0.3 is 358 Å². The van der Waals surface area contributed by atoms with E-state index in [-0.39, 0.29) is 33.9 Å². The SMILES string of the molecule is CC(C)(C)c1cc2c(cc1-c1ccccc1)Cc1c-2cc(C(C)(C)C)c(-c2ccccc2)[c]1[Zr+2](=[C](c1cccc(C(F)(F)F)c1)c1cccc(C(F)(F)F)c1)[CH]1C=CC=C1.[Cl-].[Cl-]. The summed E-state index contributed by atoms with van der Waals surface area (Å²) in [5.74, 6) is 0. The molecule has 0 aliphatic heterocycles. The largest absolute Gasteiger partial charge is 1.00 e. The molecule has 2 aliphatic rings. The van der Waals surface area contributed by atoms with Crippen LogP contribution in [0, 0.1) is 0 Å². The Hall–Kier alpha value is -4.29. The van der Waals surface area contributed by atoms with Crippen LogP contribution in [0.5, 0.6) is 0 Å². The van der Waals surface area contributed by atoms with E-state index >= 15 is 0 Å². The van der Waals surface area contributed by atoms with E-state index in [1.54, 1.807) is 12.1 Å². The van der Waals surface area contributed by atoms with Crippen molar-refractivity contribution >= 4 is 6.48 Å². The molecule has 6 aromatic carbocycles. The molecule has 62 heavy (non-hydrogen) atoms. The fourth-order valence-electron chi connectivity index (χ4n) is 8.91. The maximum atomic E-state index is 14.6. The average Bonchev–Trinajstić information content (AvgIpc) is 3.87. The van der Waals surface area contributed by atoms with Gasteiger partial charge in [0.25, 0.3) is 0 Å². The number of fused-ring (bicyclic) bond motifs is 3. The molecule has 0 unspecified atom stereocenters. The third-order valence-electron chi connectivity index (χ3n) is 11.7. The van der Waals surface area contributed by atoms with Crippen molar-refractivity contribution in [2.45, 2.75) is 74.8 Å². The Bertz CT molecular complexity index is 2640. The van der Waals surface area contributed by atoms with Gasteiger partial charge in [0.15, 0.2) is 0 Å². The van der Waals surface area contributed by atoms with Gasteiger partial charge in [0.1, 0.15) is 0 Å². The van der Waals surface area contributed by atoms with Crippen molar-refractivity contribution in [1.29, 1.82) is 0 Å². The molecule has 0 saturated carbocycles. The van der Waals surface area contributed by atoms with Gasteiger partial charge in [0.2, 0.25) is 0 Å². The second-order valence-electron chi connectivity index (χ2n) is 17.9. The van der Waals surface area contributed by atoms with Crippen LogP contribution in [-0.4, -0.2) is 3.21 Å². The van der Waals surface area contributed by atoms with Gasteiger partial charge in [-0.15, -0.1) is 0 Å². The van der Waals surface area contributed by atoms with Crippen LogP contribution in [0.15, 0.2) is 152 Å². The Labute approximate surface area is 380 Å². The zero-order valence-corrected chi connectivity index (χ0v) is 39.2. The number of rotatable bonds is 6. The molecule has 9 heteroatoms. The van der Waals surface area contributed by atoms with Gasteiger partial charge in [-0.2, -0.15) is 0 Å². The average molecular weight is 959 g/mol. The number of alkyl halides is 6. The maximum Gasteiger partial charge on any atom is -1.00 e. The monoisotopic (exact) mass is 956 g/mol. The third-order valence-corrected chi connectivity index (χ3v) is 19.7. The van der Waals surface area contributed by atoms with Crippen LogP contribution in [0.3, 0.4) is 0 Å². The second-order valence-corrected chi connectivity index (χ2v) is 24.0. The van der Waals surface area contributed by atoms with Gasteiger partial charge in [-0.3, -0.25) is 0 Å². The van der Waals surface area contributed by atoms with Crippen molar-refractivity contribution in [2.75, 3.05) is 0 Å². The first-order chi connectivity index (χ1) is 28.3. The summed E-state index contributed by atoms with van der Waals surface area (Å²) in [6.45, 7) is 13.2. The van der Waals surface area contributed by atoms with Crippen LogP contribution in [0.25, 0.3) is 33.4 Å². The normalized spacial score (nSPS) is 13.5. The molecule has 0 spiro atoms. The van der Waals surface area contributed by atoms with E-state index in [1.165, 1.54) is 17.7 Å². The van der Waals surface area contributed by atoms with E-state index in [2.05, 4.69) is 96.2 Å². The van der Waals surface area contributed by atoms with Gasteiger partial charge in [-0.25, -0.2) is 0 Å². The summed E-state index contributed by atoms with van der Waals surface area (Å²) in [5.41, 5.74) is 9.39. The number of allylic oxidation sites excluding steroid dienone is 4. The number of hydrogen-bond acceptors (Lipinski definition) is 0. The first kappa shape index (κ1) is 47.2. The van der Waals surface area contributed by atoms with Crippen molar-refractivity contribution in [3.05, 3.63) is 196 Å². The third kappa shape index (κ3) is 9.19. The standard InChI is InChI=1S/C33H33.C15H8F6.C5H5.2ClH.Zr/c1-32(2,3)30-20-26-24(18-28(30)22-13-9-7-10-14-22)17-25-19-29(23-15-11-8-12-16-23)31(21-27(25)26)33(4,5)6;16-14(17,18)12-5-1-3-10(8-12)7-11-4-2-6-13(9-11)15(19,20)21;1-2-4-5-3-1;;;/h7-16,18,20-21H,17H2,1-6H3;1-6,8-9H;1-5H;2*1H;/q;;;;;+2/p-2. The summed E-state index contributed by atoms with van der Waals surface area (Å²) in [6.07, 6.45) is -0.588. The topological polar surface area (TPSA) is 0 Å². The van der Waals surface area contributed by atoms with E-state index in [0.717, 1.165) is 77.6 Å². The quantitative estimate of drug-likeness (QED) is 0.147. The second kappa shape index (κ2) is 17.7. The first-order valence-corrected chi connectivity index (χ1v) is 24.1. The summed E-state index contributed by atoms with van der Waals surface area (Å²) in [5, 5.41) is 0. The molecule has 0 heterocycles. The van der Waals surface area contributed by atoms with Gasteiger partial charge in [-0.05, 0) is 0 Å². The van der Waals surface area contributed by atoms with Crippen molar-refractivity contribution in [3.63, 3.8) is 0 Å². The molecule has 2 aliphatic carbocycles. The molecule has 6 aromatic rings. The van der Waals surface area contributed by atoms with E-state index in [4.69, 9.17) is 0 Å². The number of hydrogen-bond donors (Lipinski definition) is 0. The predicted molar refractivity (Wildman–Crippen MR) is 231 cm³/mol. The molecular weight excluding hydrogens is 913 g/mol. The summed E-state index contributed by atoms with van der Waals surface area (Å²) < 4.78 is 89.0. The maximum absolute atomic E-state index is 14.6. The Balaban J connectivity index is 0.00000321. The van der Waals surface area contributed by atoms with E-state index in [0.29, 0.717) is 20.8 Å². The fraction of sp³-hybridized carbons (Fsp3) is 0.226. The van der Waals surface area contributed by atoms with Gasteiger partial charge in [0.05, 0.1) is 0 Å². The molecule has 0 nitrogen and oxygen atoms in total. The van der Waals surface area contributed by atoms with Crippen LogP contribution < -0.4 is 28.1 Å². The minimum atomic E-state index is -4.66. The van der Waals surface area contributed by atoms with Crippen LogP contribution in [0.4, 0.5) is 26.3 Å². The number of benzene rings is 6. The van der Waals surface area contributed by atoms with Crippen molar-refractivity contribution < 1.29 is 72.4 Å². The summed E-state index contributed by atoms with van der Waals surface area (Å²) >= 11 is -3.89. The minimum absolute atomic E-state index is 0. The molecule has 0 N–H and O–H groups in total. The molecule has 8 rings (SSSR count). The smallest absolute Gasteiger partial charge is 1.00 e. The molecule has 0 aromatic heterocycles.